The van der Waals surface area contributed by atoms with Crippen LogP contribution in [0, 0.1) is 10.1 Å². The zero-order valence-corrected chi connectivity index (χ0v) is 21.2. The lowest BCUT2D eigenvalue weighted by Crippen LogP contribution is -2.39. The number of nitro benzene ring substituents is 1. The van der Waals surface area contributed by atoms with Gasteiger partial charge in [0.2, 0.25) is 0 Å². The van der Waals surface area contributed by atoms with Gasteiger partial charge in [-0.15, -0.1) is 0 Å². The van der Waals surface area contributed by atoms with Gasteiger partial charge in [0.15, 0.2) is 0 Å². The number of hydrogen-bond donors (Lipinski definition) is 1. The smallest absolute Gasteiger partial charge is 0.337 e. The van der Waals surface area contributed by atoms with Crippen LogP contribution in [-0.4, -0.2) is 48.1 Å². The van der Waals surface area contributed by atoms with Gasteiger partial charge >= 0.3 is 11.9 Å². The van der Waals surface area contributed by atoms with Crippen molar-refractivity contribution in [1.82, 2.24) is 10.2 Å². The summed E-state index contributed by atoms with van der Waals surface area (Å²) in [6.07, 6.45) is 1.32. The summed E-state index contributed by atoms with van der Waals surface area (Å²) in [7, 11) is 1.28. The molecule has 1 N–H and O–H groups in total. The molecule has 2 atom stereocenters. The predicted octanol–water partition coefficient (Wildman–Crippen LogP) is 4.21. The van der Waals surface area contributed by atoms with Crippen LogP contribution in [0.25, 0.3) is 0 Å². The summed E-state index contributed by atoms with van der Waals surface area (Å²) in [5, 5.41) is 14.8. The molecule has 2 aliphatic rings. The summed E-state index contributed by atoms with van der Waals surface area (Å²) in [4.78, 5) is 40.0. The molecule has 1 fully saturated rings. The third-order valence-electron chi connectivity index (χ3n) is 6.92. The minimum absolute atomic E-state index is 0.132. The van der Waals surface area contributed by atoms with E-state index in [0.29, 0.717) is 30.0 Å². The van der Waals surface area contributed by atoms with E-state index in [1.165, 1.54) is 19.2 Å². The van der Waals surface area contributed by atoms with Crippen LogP contribution in [0.2, 0.25) is 0 Å². The number of piperidine rings is 1. The minimum atomic E-state index is -0.886. The molecule has 0 aliphatic carbocycles. The number of ether oxygens (including phenoxy) is 2. The maximum absolute atomic E-state index is 13.8. The number of nitrogens with zero attached hydrogens (tertiary/aromatic N) is 2. The maximum Gasteiger partial charge on any atom is 0.337 e. The van der Waals surface area contributed by atoms with E-state index in [4.69, 9.17) is 9.47 Å². The van der Waals surface area contributed by atoms with Crippen LogP contribution in [0.1, 0.15) is 43.7 Å². The number of esters is 2. The average molecular weight is 506 g/mol. The van der Waals surface area contributed by atoms with Crippen LogP contribution in [0.3, 0.4) is 0 Å². The highest BCUT2D eigenvalue weighted by atomic mass is 16.6. The Kier molecular flexibility index (Phi) is 8.03. The van der Waals surface area contributed by atoms with Crippen molar-refractivity contribution < 1.29 is 24.0 Å². The SMILES string of the molecule is COC(=O)C1=C(C)N(Cc2ccccc2)C(C)=C(C(=O)OC2CCCNC2)C1c1cccc([N+](=O)[O-])c1. The second kappa shape index (κ2) is 11.4. The fourth-order valence-electron chi connectivity index (χ4n) is 5.04. The normalized spacial score (nSPS) is 20.0. The number of non-ortho nitro benzene ring substituents is 1. The Bertz CT molecular complexity index is 1250. The molecule has 2 unspecified atom stereocenters. The summed E-state index contributed by atoms with van der Waals surface area (Å²) in [6, 6.07) is 15.7. The molecule has 0 spiro atoms. The minimum Gasteiger partial charge on any atom is -0.466 e. The molecular formula is C28H31N3O6. The molecule has 9 nitrogen and oxygen atoms in total. The number of methoxy groups -OCH3 is 1. The van der Waals surface area contributed by atoms with Crippen molar-refractivity contribution in [3.63, 3.8) is 0 Å². The van der Waals surface area contributed by atoms with Gasteiger partial charge in [0.1, 0.15) is 6.10 Å². The van der Waals surface area contributed by atoms with Crippen molar-refractivity contribution in [2.24, 2.45) is 0 Å². The molecule has 2 aliphatic heterocycles. The van der Waals surface area contributed by atoms with Crippen LogP contribution >= 0.6 is 0 Å². The van der Waals surface area contributed by atoms with Gasteiger partial charge in [0.05, 0.1) is 29.1 Å². The Labute approximate surface area is 215 Å². The van der Waals surface area contributed by atoms with Crippen LogP contribution in [0.5, 0.6) is 0 Å². The molecule has 0 radical (unpaired) electrons. The van der Waals surface area contributed by atoms with Crippen molar-refractivity contribution in [3.05, 3.63) is 98.4 Å². The van der Waals surface area contributed by atoms with E-state index in [1.807, 2.05) is 42.2 Å². The highest BCUT2D eigenvalue weighted by Crippen LogP contribution is 2.44. The van der Waals surface area contributed by atoms with E-state index in [0.717, 1.165) is 24.9 Å². The molecule has 2 aromatic carbocycles. The summed E-state index contributed by atoms with van der Waals surface area (Å²) < 4.78 is 11.1. The van der Waals surface area contributed by atoms with Gasteiger partial charge in [-0.1, -0.05) is 42.5 Å². The molecule has 1 saturated heterocycles. The molecule has 0 amide bonds. The number of nitro groups is 1. The van der Waals surface area contributed by atoms with Crippen molar-refractivity contribution in [2.75, 3.05) is 20.2 Å². The Balaban J connectivity index is 1.87. The van der Waals surface area contributed by atoms with E-state index in [2.05, 4.69) is 5.32 Å². The first kappa shape index (κ1) is 26.1. The Hall–Kier alpha value is -3.98. The zero-order valence-electron chi connectivity index (χ0n) is 21.2. The van der Waals surface area contributed by atoms with E-state index in [9.17, 15) is 19.7 Å². The lowest BCUT2D eigenvalue weighted by Gasteiger charge is -2.38. The van der Waals surface area contributed by atoms with Gasteiger partial charge in [-0.05, 0) is 44.4 Å². The number of rotatable bonds is 7. The number of allylic oxidation sites excluding steroid dienone is 2. The lowest BCUT2D eigenvalue weighted by atomic mass is 9.79. The largest absolute Gasteiger partial charge is 0.466 e. The molecule has 194 valence electrons. The van der Waals surface area contributed by atoms with Crippen LogP contribution in [-0.2, 0) is 25.6 Å². The molecule has 2 aromatic rings. The number of nitrogens with one attached hydrogen (secondary N) is 1. The summed E-state index contributed by atoms with van der Waals surface area (Å²) in [5.74, 6) is -2.04. The van der Waals surface area contributed by atoms with Crippen LogP contribution in [0.4, 0.5) is 5.69 Å². The maximum atomic E-state index is 13.8. The first-order chi connectivity index (χ1) is 17.8. The third-order valence-corrected chi connectivity index (χ3v) is 6.92. The van der Waals surface area contributed by atoms with E-state index in [1.54, 1.807) is 19.1 Å². The third kappa shape index (κ3) is 5.56. The quantitative estimate of drug-likeness (QED) is 0.338. The zero-order chi connectivity index (χ0) is 26.5. The van der Waals surface area contributed by atoms with Crippen molar-refractivity contribution >= 4 is 17.6 Å². The molecule has 9 heteroatoms. The Morgan fingerprint density at radius 3 is 2.38 bits per heavy atom. The first-order valence-corrected chi connectivity index (χ1v) is 12.3. The van der Waals surface area contributed by atoms with Gasteiger partial charge in [-0.25, -0.2) is 9.59 Å². The molecule has 0 bridgehead atoms. The van der Waals surface area contributed by atoms with Gasteiger partial charge in [-0.2, -0.15) is 0 Å². The molecule has 0 saturated carbocycles. The molecule has 37 heavy (non-hydrogen) atoms. The average Bonchev–Trinajstić information content (AvgIpc) is 2.91. The fourth-order valence-corrected chi connectivity index (χ4v) is 5.04. The summed E-state index contributed by atoms with van der Waals surface area (Å²) >= 11 is 0. The number of carbonyl (C=O) groups is 2. The Morgan fingerprint density at radius 2 is 1.76 bits per heavy atom. The standard InChI is InChI=1S/C28H31N3O6/c1-18-24(27(32)36-3)26(21-11-7-12-22(15-21)31(34)35)25(28(33)37-23-13-8-14-29-16-23)19(2)30(18)17-20-9-5-4-6-10-20/h4-7,9-12,15,23,26,29H,8,13-14,16-17H2,1-3H3. The first-order valence-electron chi connectivity index (χ1n) is 12.3. The van der Waals surface area contributed by atoms with Gasteiger partial charge < -0.3 is 19.7 Å². The fraction of sp³-hybridized carbons (Fsp3) is 0.357. The summed E-state index contributed by atoms with van der Waals surface area (Å²) in [6.45, 7) is 5.45. The Morgan fingerprint density at radius 1 is 1.05 bits per heavy atom. The van der Waals surface area contributed by atoms with E-state index < -0.39 is 22.8 Å². The van der Waals surface area contributed by atoms with Crippen LogP contribution < -0.4 is 5.32 Å². The van der Waals surface area contributed by atoms with Gasteiger partial charge in [-0.3, -0.25) is 10.1 Å². The van der Waals surface area contributed by atoms with E-state index >= 15 is 0 Å². The second-order valence-electron chi connectivity index (χ2n) is 9.22. The predicted molar refractivity (Wildman–Crippen MR) is 137 cm³/mol. The van der Waals surface area contributed by atoms with Crippen molar-refractivity contribution in [1.29, 1.82) is 0 Å². The highest BCUT2D eigenvalue weighted by molar-refractivity contribution is 6.00. The molecule has 0 aromatic heterocycles. The number of hydrogen-bond acceptors (Lipinski definition) is 8. The van der Waals surface area contributed by atoms with Crippen molar-refractivity contribution in [3.8, 4) is 0 Å². The monoisotopic (exact) mass is 505 g/mol. The summed E-state index contributed by atoms with van der Waals surface area (Å²) in [5.41, 5.74) is 3.06. The number of carbonyl (C=O) groups excluding carboxylic acids is 2. The second-order valence-corrected chi connectivity index (χ2v) is 9.22. The van der Waals surface area contributed by atoms with E-state index in [-0.39, 0.29) is 22.9 Å². The number of benzene rings is 2. The van der Waals surface area contributed by atoms with Crippen molar-refractivity contribution in [2.45, 2.75) is 45.3 Å². The van der Waals surface area contributed by atoms with Crippen LogP contribution in [0.15, 0.2) is 77.1 Å². The highest BCUT2D eigenvalue weighted by Gasteiger charge is 2.41. The molecule has 4 rings (SSSR count). The van der Waals surface area contributed by atoms with Gasteiger partial charge in [0.25, 0.3) is 5.69 Å². The topological polar surface area (TPSA) is 111 Å². The molecular weight excluding hydrogens is 474 g/mol. The molecule has 2 heterocycles. The lowest BCUT2D eigenvalue weighted by molar-refractivity contribution is -0.384. The van der Waals surface area contributed by atoms with Gasteiger partial charge in [0, 0.05) is 36.6 Å².